The lowest BCUT2D eigenvalue weighted by Crippen LogP contribution is -2.42. The van der Waals surface area contributed by atoms with Crippen LogP contribution in [0.5, 0.6) is 0 Å². The molecule has 8 nitrogen and oxygen atoms in total. The van der Waals surface area contributed by atoms with Crippen LogP contribution in [-0.4, -0.2) is 52.9 Å². The number of aromatic nitrogens is 2. The normalized spacial score (nSPS) is 14.3. The van der Waals surface area contributed by atoms with Crippen LogP contribution in [0.1, 0.15) is 16.8 Å². The molecule has 0 unspecified atom stereocenters. The van der Waals surface area contributed by atoms with Gasteiger partial charge in [-0.2, -0.15) is 5.10 Å². The number of nitrogens with two attached hydrogens (primary N) is 1. The van der Waals surface area contributed by atoms with Gasteiger partial charge < -0.3 is 20.7 Å². The number of cyclic esters (lactones) is 1. The molecule has 1 aromatic heterocycles. The molecule has 0 atom stereocenters. The molecule has 132 valence electrons. The van der Waals surface area contributed by atoms with Crippen LogP contribution in [0.15, 0.2) is 30.5 Å². The lowest BCUT2D eigenvalue weighted by atomic mass is 10.1. The Balaban J connectivity index is 1.61. The highest BCUT2D eigenvalue weighted by Gasteiger charge is 2.19. The van der Waals surface area contributed by atoms with Gasteiger partial charge in [-0.15, -0.1) is 0 Å². The van der Waals surface area contributed by atoms with Gasteiger partial charge in [0, 0.05) is 37.8 Å². The average molecular weight is 343 g/mol. The number of hydrogen-bond donors (Lipinski definition) is 2. The summed E-state index contributed by atoms with van der Waals surface area (Å²) in [6.07, 6.45) is 2.16. The Labute approximate surface area is 145 Å². The number of rotatable bonds is 5. The lowest BCUT2D eigenvalue weighted by molar-refractivity contribution is 0.0719. The maximum atomic E-state index is 12.3. The van der Waals surface area contributed by atoms with E-state index in [0.717, 1.165) is 17.5 Å². The van der Waals surface area contributed by atoms with Crippen LogP contribution in [0, 0.1) is 0 Å². The molecule has 8 heteroatoms. The van der Waals surface area contributed by atoms with Crippen molar-refractivity contribution in [2.24, 2.45) is 7.05 Å². The number of amides is 2. The maximum absolute atomic E-state index is 12.3. The summed E-state index contributed by atoms with van der Waals surface area (Å²) >= 11 is 0. The molecule has 0 bridgehead atoms. The summed E-state index contributed by atoms with van der Waals surface area (Å²) in [6.45, 7) is 1.92. The SMILES string of the molecule is Cn1ncc(-c2cccc(C(=O)NCCN3CCCOC3=O)c2)c1N. The van der Waals surface area contributed by atoms with E-state index in [1.54, 1.807) is 41.0 Å². The third-order valence-electron chi connectivity index (χ3n) is 4.14. The van der Waals surface area contributed by atoms with Crippen molar-refractivity contribution in [2.45, 2.75) is 6.42 Å². The van der Waals surface area contributed by atoms with Gasteiger partial charge in [-0.3, -0.25) is 9.48 Å². The molecule has 3 N–H and O–H groups in total. The molecule has 2 aromatic rings. The molecule has 1 aliphatic rings. The Morgan fingerprint density at radius 2 is 2.28 bits per heavy atom. The summed E-state index contributed by atoms with van der Waals surface area (Å²) < 4.78 is 6.55. The molecule has 2 heterocycles. The first-order valence-corrected chi connectivity index (χ1v) is 8.14. The number of anilines is 1. The molecule has 0 saturated carbocycles. The topological polar surface area (TPSA) is 102 Å². The Morgan fingerprint density at radius 1 is 1.44 bits per heavy atom. The summed E-state index contributed by atoms with van der Waals surface area (Å²) in [4.78, 5) is 25.5. The van der Waals surface area contributed by atoms with Crippen LogP contribution in [-0.2, 0) is 11.8 Å². The minimum Gasteiger partial charge on any atom is -0.449 e. The van der Waals surface area contributed by atoms with Gasteiger partial charge in [0.2, 0.25) is 0 Å². The second-order valence-corrected chi connectivity index (χ2v) is 5.86. The predicted octanol–water partition coefficient (Wildman–Crippen LogP) is 1.24. The van der Waals surface area contributed by atoms with Crippen molar-refractivity contribution in [1.29, 1.82) is 0 Å². The first kappa shape index (κ1) is 16.8. The molecule has 2 amide bonds. The molecule has 25 heavy (non-hydrogen) atoms. The predicted molar refractivity (Wildman–Crippen MR) is 92.9 cm³/mol. The van der Waals surface area contributed by atoms with Gasteiger partial charge in [-0.25, -0.2) is 4.79 Å². The van der Waals surface area contributed by atoms with Crippen LogP contribution < -0.4 is 11.1 Å². The fourth-order valence-electron chi connectivity index (χ4n) is 2.70. The largest absolute Gasteiger partial charge is 0.449 e. The molecule has 0 spiro atoms. The number of aryl methyl sites for hydroxylation is 1. The van der Waals surface area contributed by atoms with Gasteiger partial charge in [-0.05, 0) is 24.1 Å². The van der Waals surface area contributed by atoms with Crippen molar-refractivity contribution >= 4 is 17.8 Å². The number of benzene rings is 1. The summed E-state index contributed by atoms with van der Waals surface area (Å²) in [5.41, 5.74) is 8.13. The zero-order chi connectivity index (χ0) is 17.8. The van der Waals surface area contributed by atoms with Crippen LogP contribution >= 0.6 is 0 Å². The van der Waals surface area contributed by atoms with Gasteiger partial charge in [0.1, 0.15) is 5.82 Å². The van der Waals surface area contributed by atoms with E-state index in [1.165, 1.54) is 0 Å². The van der Waals surface area contributed by atoms with E-state index in [9.17, 15) is 9.59 Å². The van der Waals surface area contributed by atoms with Gasteiger partial charge in [-0.1, -0.05) is 12.1 Å². The number of nitrogens with one attached hydrogen (secondary N) is 1. The zero-order valence-electron chi connectivity index (χ0n) is 14.1. The molecular weight excluding hydrogens is 322 g/mol. The molecule has 1 aromatic carbocycles. The number of hydrogen-bond acceptors (Lipinski definition) is 5. The molecule has 1 aliphatic heterocycles. The molecule has 1 saturated heterocycles. The monoisotopic (exact) mass is 343 g/mol. The van der Waals surface area contributed by atoms with Crippen molar-refractivity contribution in [3.63, 3.8) is 0 Å². The highest BCUT2D eigenvalue weighted by molar-refractivity contribution is 5.95. The quantitative estimate of drug-likeness (QED) is 0.850. The van der Waals surface area contributed by atoms with E-state index >= 15 is 0 Å². The van der Waals surface area contributed by atoms with Crippen molar-refractivity contribution in [3.05, 3.63) is 36.0 Å². The van der Waals surface area contributed by atoms with E-state index < -0.39 is 0 Å². The second-order valence-electron chi connectivity index (χ2n) is 5.86. The summed E-state index contributed by atoms with van der Waals surface area (Å²) in [5, 5.41) is 6.94. The molecule has 3 rings (SSSR count). The van der Waals surface area contributed by atoms with E-state index in [0.29, 0.717) is 37.6 Å². The van der Waals surface area contributed by atoms with Crippen molar-refractivity contribution in [1.82, 2.24) is 20.0 Å². The van der Waals surface area contributed by atoms with Gasteiger partial charge >= 0.3 is 6.09 Å². The number of carbonyl (C=O) groups is 2. The maximum Gasteiger partial charge on any atom is 0.409 e. The van der Waals surface area contributed by atoms with Gasteiger partial charge in [0.15, 0.2) is 0 Å². The van der Waals surface area contributed by atoms with Crippen molar-refractivity contribution in [2.75, 3.05) is 32.0 Å². The van der Waals surface area contributed by atoms with Crippen LogP contribution in [0.2, 0.25) is 0 Å². The summed E-state index contributed by atoms with van der Waals surface area (Å²) in [7, 11) is 1.76. The molecular formula is C17H21N5O3. The third kappa shape index (κ3) is 3.73. The van der Waals surface area contributed by atoms with Crippen LogP contribution in [0.3, 0.4) is 0 Å². The lowest BCUT2D eigenvalue weighted by Gasteiger charge is -2.26. The van der Waals surface area contributed by atoms with E-state index in [1.807, 2.05) is 6.07 Å². The number of nitrogen functional groups attached to an aromatic ring is 1. The minimum atomic E-state index is -0.324. The summed E-state index contributed by atoms with van der Waals surface area (Å²) in [6, 6.07) is 7.20. The first-order valence-electron chi connectivity index (χ1n) is 8.14. The second kappa shape index (κ2) is 7.25. The number of ether oxygens (including phenoxy) is 1. The number of carbonyl (C=O) groups excluding carboxylic acids is 2. The minimum absolute atomic E-state index is 0.199. The Morgan fingerprint density at radius 3 is 3.00 bits per heavy atom. The molecule has 0 aliphatic carbocycles. The van der Waals surface area contributed by atoms with E-state index in [4.69, 9.17) is 10.5 Å². The Kier molecular flexibility index (Phi) is 4.87. The fraction of sp³-hybridized carbons (Fsp3) is 0.353. The average Bonchev–Trinajstić information content (AvgIpc) is 2.96. The van der Waals surface area contributed by atoms with Crippen LogP contribution in [0.4, 0.5) is 10.6 Å². The number of nitrogens with zero attached hydrogens (tertiary/aromatic N) is 3. The first-order chi connectivity index (χ1) is 12.1. The highest BCUT2D eigenvalue weighted by Crippen LogP contribution is 2.25. The van der Waals surface area contributed by atoms with Gasteiger partial charge in [0.05, 0.1) is 12.8 Å². The zero-order valence-corrected chi connectivity index (χ0v) is 14.1. The Hall–Kier alpha value is -3.03. The summed E-state index contributed by atoms with van der Waals surface area (Å²) in [5.74, 6) is 0.343. The van der Waals surface area contributed by atoms with E-state index in [-0.39, 0.29) is 12.0 Å². The Bertz CT molecular complexity index is 786. The highest BCUT2D eigenvalue weighted by atomic mass is 16.6. The smallest absolute Gasteiger partial charge is 0.409 e. The fourth-order valence-corrected chi connectivity index (χ4v) is 2.70. The standard InChI is InChI=1S/C17H21N5O3/c1-21-15(18)14(11-20-21)12-4-2-5-13(10-12)16(23)19-6-8-22-7-3-9-25-17(22)24/h2,4-5,10-11H,3,6-9,18H2,1H3,(H,19,23). The van der Waals surface area contributed by atoms with Crippen molar-refractivity contribution < 1.29 is 14.3 Å². The van der Waals surface area contributed by atoms with Crippen molar-refractivity contribution in [3.8, 4) is 11.1 Å². The van der Waals surface area contributed by atoms with E-state index in [2.05, 4.69) is 10.4 Å². The molecule has 1 fully saturated rings. The van der Waals surface area contributed by atoms with Gasteiger partial charge in [0.25, 0.3) is 5.91 Å². The third-order valence-corrected chi connectivity index (χ3v) is 4.14. The van der Waals surface area contributed by atoms with Crippen LogP contribution in [0.25, 0.3) is 11.1 Å². The molecule has 0 radical (unpaired) electrons.